The second-order valence-corrected chi connectivity index (χ2v) is 5.81. The lowest BCUT2D eigenvalue weighted by Gasteiger charge is -2.40. The van der Waals surface area contributed by atoms with Gasteiger partial charge in [0.1, 0.15) is 5.75 Å². The van der Waals surface area contributed by atoms with Crippen LogP contribution in [0.25, 0.3) is 0 Å². The van der Waals surface area contributed by atoms with Gasteiger partial charge in [0.05, 0.1) is 13.2 Å². The summed E-state index contributed by atoms with van der Waals surface area (Å²) >= 11 is 0. The molecule has 0 spiro atoms. The van der Waals surface area contributed by atoms with Crippen LogP contribution in [0, 0.1) is 0 Å². The van der Waals surface area contributed by atoms with Crippen LogP contribution in [-0.4, -0.2) is 62.0 Å². The Kier molecular flexibility index (Phi) is 5.98. The Hall–Kier alpha value is -2.08. The van der Waals surface area contributed by atoms with Crippen LogP contribution in [0.3, 0.4) is 0 Å². The first kappa shape index (κ1) is 17.3. The zero-order valence-corrected chi connectivity index (χ0v) is 14.0. The maximum absolute atomic E-state index is 12.3. The first-order chi connectivity index (χ1) is 11.0. The van der Waals surface area contributed by atoms with E-state index in [0.717, 1.165) is 17.9 Å². The third-order valence-corrected chi connectivity index (χ3v) is 4.21. The maximum atomic E-state index is 12.3. The highest BCUT2D eigenvalue weighted by Crippen LogP contribution is 2.31. The highest BCUT2D eigenvalue weighted by molar-refractivity contribution is 5.78. The van der Waals surface area contributed by atoms with Crippen molar-refractivity contribution in [3.05, 3.63) is 29.8 Å². The van der Waals surface area contributed by atoms with Crippen LogP contribution in [0.2, 0.25) is 0 Å². The molecule has 1 saturated heterocycles. The van der Waals surface area contributed by atoms with Gasteiger partial charge in [-0.2, -0.15) is 0 Å². The summed E-state index contributed by atoms with van der Waals surface area (Å²) in [5.74, 6) is 0.812. The second kappa shape index (κ2) is 7.97. The van der Waals surface area contributed by atoms with Crippen LogP contribution in [0.5, 0.6) is 5.75 Å². The van der Waals surface area contributed by atoms with Gasteiger partial charge in [0, 0.05) is 45.1 Å². The smallest absolute Gasteiger partial charge is 0.224 e. The van der Waals surface area contributed by atoms with E-state index in [9.17, 15) is 9.59 Å². The van der Waals surface area contributed by atoms with Gasteiger partial charge in [0.2, 0.25) is 11.8 Å². The monoisotopic (exact) mass is 319 g/mol. The minimum absolute atomic E-state index is 0.0757. The SMILES string of the molecule is COc1ccccc1C1CN(C(=O)CCNC(C)=O)CCN1C. The summed E-state index contributed by atoms with van der Waals surface area (Å²) in [7, 11) is 3.73. The van der Waals surface area contributed by atoms with E-state index in [-0.39, 0.29) is 17.9 Å². The third kappa shape index (κ3) is 4.45. The Morgan fingerprint density at radius 3 is 2.74 bits per heavy atom. The number of likely N-dealkylation sites (N-methyl/N-ethyl adjacent to an activating group) is 1. The zero-order valence-electron chi connectivity index (χ0n) is 14.0. The number of rotatable bonds is 5. The number of nitrogens with zero attached hydrogens (tertiary/aromatic N) is 2. The van der Waals surface area contributed by atoms with Crippen molar-refractivity contribution >= 4 is 11.8 Å². The van der Waals surface area contributed by atoms with Crippen molar-refractivity contribution in [1.29, 1.82) is 0 Å². The van der Waals surface area contributed by atoms with Crippen molar-refractivity contribution in [2.24, 2.45) is 0 Å². The van der Waals surface area contributed by atoms with Gasteiger partial charge < -0.3 is 15.0 Å². The van der Waals surface area contributed by atoms with Crippen molar-refractivity contribution < 1.29 is 14.3 Å². The number of hydrogen-bond donors (Lipinski definition) is 1. The molecule has 1 aliphatic rings. The molecule has 0 radical (unpaired) electrons. The Labute approximate surface area is 137 Å². The van der Waals surface area contributed by atoms with Crippen LogP contribution >= 0.6 is 0 Å². The van der Waals surface area contributed by atoms with E-state index in [1.807, 2.05) is 29.2 Å². The third-order valence-electron chi connectivity index (χ3n) is 4.21. The molecular formula is C17H25N3O3. The summed E-state index contributed by atoms with van der Waals surface area (Å²) in [6, 6.07) is 8.04. The van der Waals surface area contributed by atoms with Crippen molar-refractivity contribution in [3.8, 4) is 5.75 Å². The quantitative estimate of drug-likeness (QED) is 0.881. The molecule has 0 aliphatic carbocycles. The summed E-state index contributed by atoms with van der Waals surface area (Å²) in [6.07, 6.45) is 0.335. The van der Waals surface area contributed by atoms with E-state index in [0.29, 0.717) is 26.1 Å². The lowest BCUT2D eigenvalue weighted by atomic mass is 10.0. The number of hydrogen-bond acceptors (Lipinski definition) is 4. The fraction of sp³-hybridized carbons (Fsp3) is 0.529. The molecule has 2 amide bonds. The van der Waals surface area contributed by atoms with E-state index in [4.69, 9.17) is 4.74 Å². The van der Waals surface area contributed by atoms with Crippen molar-refractivity contribution in [3.63, 3.8) is 0 Å². The van der Waals surface area contributed by atoms with Crippen molar-refractivity contribution in [1.82, 2.24) is 15.1 Å². The first-order valence-electron chi connectivity index (χ1n) is 7.88. The predicted molar refractivity (Wildman–Crippen MR) is 88.2 cm³/mol. The topological polar surface area (TPSA) is 61.9 Å². The number of benzene rings is 1. The van der Waals surface area contributed by atoms with Gasteiger partial charge in [-0.3, -0.25) is 14.5 Å². The summed E-state index contributed by atoms with van der Waals surface area (Å²) in [4.78, 5) is 27.4. The number of piperazine rings is 1. The Morgan fingerprint density at radius 2 is 2.04 bits per heavy atom. The molecule has 23 heavy (non-hydrogen) atoms. The maximum Gasteiger partial charge on any atom is 0.224 e. The van der Waals surface area contributed by atoms with E-state index in [1.54, 1.807) is 7.11 Å². The average Bonchev–Trinajstić information content (AvgIpc) is 2.54. The molecule has 6 heteroatoms. The van der Waals surface area contributed by atoms with Crippen LogP contribution in [-0.2, 0) is 9.59 Å². The summed E-state index contributed by atoms with van der Waals surface area (Å²) in [6.45, 7) is 4.00. The Bertz CT molecular complexity index is 562. The molecule has 1 fully saturated rings. The van der Waals surface area contributed by atoms with Crippen LogP contribution in [0.15, 0.2) is 24.3 Å². The molecule has 0 saturated carbocycles. The molecule has 1 aromatic carbocycles. The van der Waals surface area contributed by atoms with Crippen LogP contribution in [0.1, 0.15) is 24.9 Å². The zero-order chi connectivity index (χ0) is 16.8. The second-order valence-electron chi connectivity index (χ2n) is 5.81. The van der Waals surface area contributed by atoms with Crippen molar-refractivity contribution in [2.75, 3.05) is 40.3 Å². The van der Waals surface area contributed by atoms with Gasteiger partial charge in [-0.1, -0.05) is 18.2 Å². The number of ether oxygens (including phenoxy) is 1. The molecule has 0 aromatic heterocycles. The van der Waals surface area contributed by atoms with Gasteiger partial charge in [-0.15, -0.1) is 0 Å². The lowest BCUT2D eigenvalue weighted by molar-refractivity contribution is -0.134. The lowest BCUT2D eigenvalue weighted by Crippen LogP contribution is -2.49. The molecule has 1 N–H and O–H groups in total. The highest BCUT2D eigenvalue weighted by atomic mass is 16.5. The van der Waals surface area contributed by atoms with E-state index < -0.39 is 0 Å². The summed E-state index contributed by atoms with van der Waals surface area (Å²) in [5.41, 5.74) is 1.09. The largest absolute Gasteiger partial charge is 0.496 e. The van der Waals surface area contributed by atoms with Crippen molar-refractivity contribution in [2.45, 2.75) is 19.4 Å². The Balaban J connectivity index is 2.04. The number of amides is 2. The minimum atomic E-state index is -0.108. The average molecular weight is 319 g/mol. The molecule has 1 aliphatic heterocycles. The fourth-order valence-corrected chi connectivity index (χ4v) is 2.88. The highest BCUT2D eigenvalue weighted by Gasteiger charge is 2.29. The van der Waals surface area contributed by atoms with Crippen LogP contribution < -0.4 is 10.1 Å². The fourth-order valence-electron chi connectivity index (χ4n) is 2.88. The van der Waals surface area contributed by atoms with Crippen LogP contribution in [0.4, 0.5) is 0 Å². The molecule has 126 valence electrons. The number of methoxy groups -OCH3 is 1. The molecule has 0 bridgehead atoms. The van der Waals surface area contributed by atoms with Gasteiger partial charge in [-0.05, 0) is 13.1 Å². The van der Waals surface area contributed by atoms with E-state index in [1.165, 1.54) is 6.92 Å². The molecule has 1 heterocycles. The molecular weight excluding hydrogens is 294 g/mol. The molecule has 1 atom stereocenters. The molecule has 2 rings (SSSR count). The van der Waals surface area contributed by atoms with Gasteiger partial charge in [0.25, 0.3) is 0 Å². The Morgan fingerprint density at radius 1 is 1.30 bits per heavy atom. The predicted octanol–water partition coefficient (Wildman–Crippen LogP) is 1.04. The number of carbonyl (C=O) groups excluding carboxylic acids is 2. The summed E-state index contributed by atoms with van der Waals surface area (Å²) < 4.78 is 5.46. The van der Waals surface area contributed by atoms with Gasteiger partial charge in [0.15, 0.2) is 0 Å². The van der Waals surface area contributed by atoms with E-state index in [2.05, 4.69) is 17.3 Å². The number of carbonyl (C=O) groups is 2. The number of para-hydroxylation sites is 1. The molecule has 6 nitrogen and oxygen atoms in total. The van der Waals surface area contributed by atoms with Gasteiger partial charge >= 0.3 is 0 Å². The normalized spacial score (nSPS) is 18.6. The summed E-state index contributed by atoms with van der Waals surface area (Å²) in [5, 5.41) is 2.67. The first-order valence-corrected chi connectivity index (χ1v) is 7.88. The minimum Gasteiger partial charge on any atom is -0.496 e. The van der Waals surface area contributed by atoms with E-state index >= 15 is 0 Å². The standard InChI is InChI=1S/C17H25N3O3/c1-13(21)18-9-8-17(22)20-11-10-19(2)15(12-20)14-6-4-5-7-16(14)23-3/h4-7,15H,8-12H2,1-3H3,(H,18,21). The van der Waals surface area contributed by atoms with Gasteiger partial charge in [-0.25, -0.2) is 0 Å². The number of nitrogens with one attached hydrogen (secondary N) is 1. The molecule has 1 unspecified atom stereocenters. The molecule has 1 aromatic rings.